The minimum Gasteiger partial charge on any atom is -0.478 e. The molecule has 0 spiro atoms. The third-order valence-electron chi connectivity index (χ3n) is 5.06. The van der Waals surface area contributed by atoms with Gasteiger partial charge in [0, 0.05) is 24.8 Å². The second kappa shape index (κ2) is 6.90. The number of benzene rings is 1. The number of carbonyl (C=O) groups is 2. The van der Waals surface area contributed by atoms with Crippen molar-refractivity contribution in [3.63, 3.8) is 0 Å². The molecule has 3 rings (SSSR count). The number of hydrogen-bond donors (Lipinski definition) is 1. The van der Waals surface area contributed by atoms with Gasteiger partial charge in [-0.3, -0.25) is 9.48 Å². The summed E-state index contributed by atoms with van der Waals surface area (Å²) in [6.45, 7) is 4.55. The summed E-state index contributed by atoms with van der Waals surface area (Å²) in [7, 11) is 0. The SMILES string of the molecule is CC(C)(C(=O)N1CCC(n2cc(C(=O)O)cn2)CC1)c1ccccc1F. The van der Waals surface area contributed by atoms with Crippen molar-refractivity contribution in [2.75, 3.05) is 13.1 Å². The van der Waals surface area contributed by atoms with Crippen molar-refractivity contribution in [2.45, 2.75) is 38.1 Å². The highest BCUT2D eigenvalue weighted by atomic mass is 19.1. The third kappa shape index (κ3) is 3.34. The van der Waals surface area contributed by atoms with Crippen LogP contribution in [0.3, 0.4) is 0 Å². The molecule has 0 bridgehead atoms. The van der Waals surface area contributed by atoms with Gasteiger partial charge in [-0.1, -0.05) is 18.2 Å². The van der Waals surface area contributed by atoms with Crippen molar-refractivity contribution in [3.05, 3.63) is 53.6 Å². The first-order valence-corrected chi connectivity index (χ1v) is 8.62. The Kier molecular flexibility index (Phi) is 4.80. The number of aromatic carboxylic acids is 1. The highest BCUT2D eigenvalue weighted by Crippen LogP contribution is 2.31. The topological polar surface area (TPSA) is 75.4 Å². The number of amides is 1. The molecule has 0 aliphatic carbocycles. The summed E-state index contributed by atoms with van der Waals surface area (Å²) in [4.78, 5) is 25.7. The van der Waals surface area contributed by atoms with E-state index in [2.05, 4.69) is 5.10 Å². The number of nitrogens with zero attached hydrogens (tertiary/aromatic N) is 3. The van der Waals surface area contributed by atoms with Crippen LogP contribution in [0.25, 0.3) is 0 Å². The van der Waals surface area contributed by atoms with E-state index in [-0.39, 0.29) is 23.3 Å². The Balaban J connectivity index is 1.68. The summed E-state index contributed by atoms with van der Waals surface area (Å²) < 4.78 is 15.8. The maximum atomic E-state index is 14.1. The zero-order valence-electron chi connectivity index (χ0n) is 14.9. The fourth-order valence-electron chi connectivity index (χ4n) is 3.46. The minimum atomic E-state index is -1.00. The van der Waals surface area contributed by atoms with Crippen molar-refractivity contribution < 1.29 is 19.1 Å². The zero-order valence-corrected chi connectivity index (χ0v) is 14.9. The van der Waals surface area contributed by atoms with Crippen LogP contribution in [-0.2, 0) is 10.2 Å². The molecule has 2 aromatic rings. The number of aromatic nitrogens is 2. The van der Waals surface area contributed by atoms with Gasteiger partial charge in [0.15, 0.2) is 0 Å². The van der Waals surface area contributed by atoms with E-state index in [1.54, 1.807) is 41.6 Å². The monoisotopic (exact) mass is 359 g/mol. The van der Waals surface area contributed by atoms with E-state index in [0.717, 1.165) is 0 Å². The molecule has 1 fully saturated rings. The minimum absolute atomic E-state index is 0.0590. The molecular formula is C19H22FN3O3. The molecule has 1 aromatic heterocycles. The molecule has 0 radical (unpaired) electrons. The van der Waals surface area contributed by atoms with Crippen molar-refractivity contribution in [2.24, 2.45) is 0 Å². The lowest BCUT2D eigenvalue weighted by atomic mass is 9.82. The molecular weight excluding hydrogens is 337 g/mol. The number of carboxylic acid groups (broad SMARTS) is 1. The highest BCUT2D eigenvalue weighted by molar-refractivity contribution is 5.87. The van der Waals surface area contributed by atoms with Crippen molar-refractivity contribution >= 4 is 11.9 Å². The molecule has 0 saturated carbocycles. The van der Waals surface area contributed by atoms with Gasteiger partial charge in [0.25, 0.3) is 0 Å². The smallest absolute Gasteiger partial charge is 0.338 e. The molecule has 2 heterocycles. The van der Waals surface area contributed by atoms with E-state index in [1.165, 1.54) is 18.5 Å². The summed E-state index contributed by atoms with van der Waals surface area (Å²) >= 11 is 0. The van der Waals surface area contributed by atoms with Crippen LogP contribution in [0, 0.1) is 5.82 Å². The van der Waals surface area contributed by atoms with E-state index in [4.69, 9.17) is 5.11 Å². The number of halogens is 1. The first kappa shape index (κ1) is 18.1. The normalized spacial score (nSPS) is 15.9. The van der Waals surface area contributed by atoms with E-state index in [1.807, 2.05) is 0 Å². The van der Waals surface area contributed by atoms with E-state index < -0.39 is 11.4 Å². The van der Waals surface area contributed by atoms with E-state index in [9.17, 15) is 14.0 Å². The predicted molar refractivity (Wildman–Crippen MR) is 93.5 cm³/mol. The second-order valence-electron chi connectivity index (χ2n) is 7.14. The number of hydrogen-bond acceptors (Lipinski definition) is 3. The first-order valence-electron chi connectivity index (χ1n) is 8.62. The molecule has 26 heavy (non-hydrogen) atoms. The molecule has 1 saturated heterocycles. The number of carbonyl (C=O) groups excluding carboxylic acids is 1. The van der Waals surface area contributed by atoms with Crippen LogP contribution >= 0.6 is 0 Å². The Morgan fingerprint density at radius 1 is 1.23 bits per heavy atom. The average molecular weight is 359 g/mol. The summed E-state index contributed by atoms with van der Waals surface area (Å²) in [5.41, 5.74) is -0.394. The van der Waals surface area contributed by atoms with Gasteiger partial charge < -0.3 is 10.0 Å². The van der Waals surface area contributed by atoms with Crippen LogP contribution in [0.15, 0.2) is 36.7 Å². The molecule has 1 aromatic carbocycles. The Hall–Kier alpha value is -2.70. The van der Waals surface area contributed by atoms with Crippen molar-refractivity contribution in [1.29, 1.82) is 0 Å². The van der Waals surface area contributed by atoms with Gasteiger partial charge in [-0.05, 0) is 32.8 Å². The summed E-state index contributed by atoms with van der Waals surface area (Å²) in [5, 5.41) is 13.1. The van der Waals surface area contributed by atoms with Gasteiger partial charge in [0.1, 0.15) is 5.82 Å². The molecule has 7 heteroatoms. The third-order valence-corrected chi connectivity index (χ3v) is 5.06. The fraction of sp³-hybridized carbons (Fsp3) is 0.421. The maximum absolute atomic E-state index is 14.1. The number of likely N-dealkylation sites (tertiary alicyclic amines) is 1. The highest BCUT2D eigenvalue weighted by Gasteiger charge is 2.37. The zero-order chi connectivity index (χ0) is 18.9. The summed E-state index contributed by atoms with van der Waals surface area (Å²) in [6.07, 6.45) is 4.22. The first-order chi connectivity index (χ1) is 12.3. The largest absolute Gasteiger partial charge is 0.478 e. The van der Waals surface area contributed by atoms with Crippen LogP contribution in [0.1, 0.15) is 48.7 Å². The molecule has 0 atom stereocenters. The lowest BCUT2D eigenvalue weighted by Gasteiger charge is -2.37. The van der Waals surface area contributed by atoms with Gasteiger partial charge in [-0.15, -0.1) is 0 Å². The van der Waals surface area contributed by atoms with Gasteiger partial charge in [-0.2, -0.15) is 5.10 Å². The molecule has 1 amide bonds. The van der Waals surface area contributed by atoms with Gasteiger partial charge >= 0.3 is 5.97 Å². The lowest BCUT2D eigenvalue weighted by Crippen LogP contribution is -2.47. The number of piperidine rings is 1. The lowest BCUT2D eigenvalue weighted by molar-refractivity contribution is -0.137. The molecule has 1 aliphatic heterocycles. The maximum Gasteiger partial charge on any atom is 0.338 e. The summed E-state index contributed by atoms with van der Waals surface area (Å²) in [5.74, 6) is -1.48. The Labute approximate surface area is 151 Å². The van der Waals surface area contributed by atoms with Crippen LogP contribution in [0.2, 0.25) is 0 Å². The Morgan fingerprint density at radius 3 is 2.46 bits per heavy atom. The number of rotatable bonds is 4. The molecule has 0 unspecified atom stereocenters. The predicted octanol–water partition coefficient (Wildman–Crippen LogP) is 2.86. The van der Waals surface area contributed by atoms with Gasteiger partial charge in [0.2, 0.25) is 5.91 Å². The van der Waals surface area contributed by atoms with Gasteiger partial charge in [0.05, 0.1) is 23.2 Å². The van der Waals surface area contributed by atoms with E-state index >= 15 is 0 Å². The van der Waals surface area contributed by atoms with E-state index in [0.29, 0.717) is 31.5 Å². The van der Waals surface area contributed by atoms with Gasteiger partial charge in [-0.25, -0.2) is 9.18 Å². The summed E-state index contributed by atoms with van der Waals surface area (Å²) in [6, 6.07) is 6.42. The molecule has 1 N–H and O–H groups in total. The average Bonchev–Trinajstić information content (AvgIpc) is 3.12. The van der Waals surface area contributed by atoms with Crippen molar-refractivity contribution in [3.8, 4) is 0 Å². The quantitative estimate of drug-likeness (QED) is 0.911. The standard InChI is InChI=1S/C19H22FN3O3/c1-19(2,15-5-3-4-6-16(15)20)18(26)22-9-7-14(8-10-22)23-12-13(11-21-23)17(24)25/h3-6,11-12,14H,7-10H2,1-2H3,(H,24,25). The Morgan fingerprint density at radius 2 is 1.88 bits per heavy atom. The fourth-order valence-corrected chi connectivity index (χ4v) is 3.46. The second-order valence-corrected chi connectivity index (χ2v) is 7.14. The van der Waals surface area contributed by atoms with Crippen molar-refractivity contribution in [1.82, 2.24) is 14.7 Å². The van der Waals surface area contributed by atoms with Crippen LogP contribution < -0.4 is 0 Å². The van der Waals surface area contributed by atoms with Crippen LogP contribution in [0.5, 0.6) is 0 Å². The molecule has 138 valence electrons. The molecule has 6 nitrogen and oxygen atoms in total. The molecule has 1 aliphatic rings. The van der Waals surface area contributed by atoms with Crippen LogP contribution in [0.4, 0.5) is 4.39 Å². The van der Waals surface area contributed by atoms with Crippen LogP contribution in [-0.4, -0.2) is 44.8 Å². The Bertz CT molecular complexity index is 823. The number of carboxylic acids is 1.